The number of nitrogens with one attached hydrogen (secondary N) is 1. The third kappa shape index (κ3) is 6.25. The number of rotatable bonds is 12. The highest BCUT2D eigenvalue weighted by Crippen LogP contribution is 2.57. The van der Waals surface area contributed by atoms with Crippen molar-refractivity contribution in [2.24, 2.45) is 5.92 Å². The van der Waals surface area contributed by atoms with Crippen LogP contribution in [0, 0.1) is 5.92 Å². The largest absolute Gasteiger partial charge is 0.386 e. The molecule has 0 radical (unpaired) electrons. The van der Waals surface area contributed by atoms with Gasteiger partial charge in [0.15, 0.2) is 35.0 Å². The van der Waals surface area contributed by atoms with Gasteiger partial charge >= 0.3 is 15.5 Å². The average Bonchev–Trinajstić information content (AvgIpc) is 3.77. The maximum atomic E-state index is 15.9. The number of ether oxygens (including phenoxy) is 2. The van der Waals surface area contributed by atoms with Gasteiger partial charge in [-0.25, -0.2) is 37.8 Å². The molecule has 2 saturated heterocycles. The molecular weight excluding hydrogens is 696 g/mol. The van der Waals surface area contributed by atoms with Crippen LogP contribution in [-0.2, 0) is 32.2 Å². The highest BCUT2D eigenvalue weighted by molar-refractivity contribution is 8.44. The van der Waals surface area contributed by atoms with Gasteiger partial charge in [-0.15, -0.1) is 0 Å². The van der Waals surface area contributed by atoms with Crippen molar-refractivity contribution < 1.29 is 41.0 Å². The lowest BCUT2D eigenvalue weighted by atomic mass is 9.98. The highest BCUT2D eigenvalue weighted by Gasteiger charge is 2.51. The molecular formula is C22H26F2N10O8P2S2. The molecule has 46 heavy (non-hydrogen) atoms. The third-order valence-electron chi connectivity index (χ3n) is 7.51. The summed E-state index contributed by atoms with van der Waals surface area (Å²) in [6, 6.07) is 0. The van der Waals surface area contributed by atoms with Gasteiger partial charge < -0.3 is 20.9 Å². The first-order chi connectivity index (χ1) is 22.0. The molecule has 0 aromatic carbocycles. The van der Waals surface area contributed by atoms with E-state index >= 15 is 8.78 Å². The van der Waals surface area contributed by atoms with E-state index < -0.39 is 83.3 Å². The number of nitrogen functional groups attached to an aromatic ring is 2. The predicted octanol–water partition coefficient (Wildman–Crippen LogP) is 2.19. The van der Waals surface area contributed by atoms with E-state index in [1.165, 1.54) is 17.2 Å². The van der Waals surface area contributed by atoms with Crippen LogP contribution in [0.25, 0.3) is 22.3 Å². The quantitative estimate of drug-likeness (QED) is 0.104. The van der Waals surface area contributed by atoms with Crippen molar-refractivity contribution in [1.29, 1.82) is 0 Å². The maximum Gasteiger partial charge on any atom is 0.386 e. The fourth-order valence-electron chi connectivity index (χ4n) is 5.46. The number of H-pyrrole nitrogens is 1. The van der Waals surface area contributed by atoms with Gasteiger partial charge in [0.1, 0.15) is 42.6 Å². The molecule has 9 atom stereocenters. The molecule has 0 amide bonds. The van der Waals surface area contributed by atoms with Crippen LogP contribution >= 0.6 is 40.4 Å². The number of alkyl halides is 2. The Hall–Kier alpha value is -2.81. The molecule has 2 aliphatic heterocycles. The number of aromatic nitrogens is 8. The highest BCUT2D eigenvalue weighted by atomic mass is 32.7. The monoisotopic (exact) mass is 722 g/mol. The fourth-order valence-corrected chi connectivity index (χ4v) is 7.45. The van der Waals surface area contributed by atoms with Crippen molar-refractivity contribution in [3.8, 4) is 0 Å². The number of hydrogen-bond acceptors (Lipinski definition) is 16. The minimum absolute atomic E-state index is 0.0982. The molecule has 2 aliphatic rings. The minimum Gasteiger partial charge on any atom is -0.382 e. The van der Waals surface area contributed by atoms with E-state index in [4.69, 9.17) is 34.5 Å². The lowest BCUT2D eigenvalue weighted by Crippen LogP contribution is -2.33. The standard InChI is InChI=1S/C22H26F2N10O8P2S2/c23-11-8(1-2-45)20(33-6-29-13-16(25)27-5-28-17(13)33)40-9(11)4-39-44(37,46)42-15-10(3-38-43-36)41-21(12(15)24)34-7-30-14-18(34)31-22(26)32-19(14)35/h5-12,15,20-21,45H,1-4H2,(H,37,46)(H2,25,27,28)(H3,26,31,32,35)/t8-,9-,10-,11+,12-,15-,20-,21-,44-/m1/s1. The number of hydrogen-bond donors (Lipinski definition) is 5. The number of fused-ring (bicyclic) bond motifs is 2. The van der Waals surface area contributed by atoms with Crippen molar-refractivity contribution in [1.82, 2.24) is 39.0 Å². The summed E-state index contributed by atoms with van der Waals surface area (Å²) in [6.45, 7) is -5.52. The Kier molecular flexibility index (Phi) is 9.62. The van der Waals surface area contributed by atoms with Crippen molar-refractivity contribution in [3.05, 3.63) is 29.3 Å². The molecule has 0 saturated carbocycles. The van der Waals surface area contributed by atoms with Crippen LogP contribution in [0.1, 0.15) is 18.9 Å². The summed E-state index contributed by atoms with van der Waals surface area (Å²) >= 11 is 8.23. The zero-order chi connectivity index (χ0) is 32.7. The van der Waals surface area contributed by atoms with Gasteiger partial charge in [0, 0.05) is 5.92 Å². The summed E-state index contributed by atoms with van der Waals surface area (Å²) in [5, 5.41) is 0. The smallest absolute Gasteiger partial charge is 0.382 e. The number of aromatic amines is 1. The molecule has 18 nitrogen and oxygen atoms in total. The first-order valence-corrected chi connectivity index (χ1v) is 17.5. The summed E-state index contributed by atoms with van der Waals surface area (Å²) < 4.78 is 86.1. The molecule has 5 N–H and O–H groups in total. The summed E-state index contributed by atoms with van der Waals surface area (Å²) in [6.07, 6.45) is -6.31. The first-order valence-electron chi connectivity index (χ1n) is 13.5. The number of thiol groups is 2. The lowest BCUT2D eigenvalue weighted by Gasteiger charge is -2.23. The number of nitrogens with two attached hydrogens (primary N) is 2. The fraction of sp³-hybridized carbons (Fsp3) is 0.545. The topological polar surface area (TPSA) is 240 Å². The summed E-state index contributed by atoms with van der Waals surface area (Å²) in [7, 11) is -0.743. The number of nitrogens with zero attached hydrogens (tertiary/aromatic N) is 7. The Bertz CT molecular complexity index is 1850. The molecule has 6 rings (SSSR count). The van der Waals surface area contributed by atoms with Crippen molar-refractivity contribution >= 4 is 74.5 Å². The van der Waals surface area contributed by atoms with Crippen molar-refractivity contribution in [3.63, 3.8) is 0 Å². The third-order valence-corrected chi connectivity index (χ3v) is 9.64. The second-order valence-corrected chi connectivity index (χ2v) is 14.0. The van der Waals surface area contributed by atoms with Crippen molar-refractivity contribution in [2.45, 2.75) is 49.5 Å². The Morgan fingerprint density at radius 2 is 1.74 bits per heavy atom. The zero-order valence-corrected chi connectivity index (χ0v) is 26.9. The average molecular weight is 723 g/mol. The normalized spacial score (nSPS) is 29.7. The SMILES string of the molecule is Nc1nc2c(ncn2[C@@H]2O[C@H](COP=O)[C@@H](O[P@](=O)(S)OC[C@H]3O[C@@H](n4cnc5c(N)ncnc54)[C@H](CCS)[C@@H]3F)[C@H]2F)c(=O)[nH]1. The van der Waals surface area contributed by atoms with Crippen LogP contribution in [0.2, 0.25) is 0 Å². The van der Waals surface area contributed by atoms with E-state index in [0.717, 1.165) is 10.9 Å². The second-order valence-electron chi connectivity index (χ2n) is 10.3. The Morgan fingerprint density at radius 1 is 1.02 bits per heavy atom. The van der Waals surface area contributed by atoms with E-state index in [1.54, 1.807) is 0 Å². The molecule has 4 aromatic rings. The molecule has 0 bridgehead atoms. The first kappa shape index (κ1) is 33.1. The van der Waals surface area contributed by atoms with E-state index in [2.05, 4.69) is 54.8 Å². The van der Waals surface area contributed by atoms with Gasteiger partial charge in [0.25, 0.3) is 5.56 Å². The van der Waals surface area contributed by atoms with Gasteiger partial charge in [-0.05, 0) is 12.2 Å². The Morgan fingerprint density at radius 3 is 2.48 bits per heavy atom. The molecule has 0 spiro atoms. The van der Waals surface area contributed by atoms with Crippen LogP contribution in [0.4, 0.5) is 20.5 Å². The van der Waals surface area contributed by atoms with Crippen LogP contribution in [0.15, 0.2) is 23.8 Å². The van der Waals surface area contributed by atoms with E-state index in [1.807, 2.05) is 0 Å². The van der Waals surface area contributed by atoms with Gasteiger partial charge in [-0.1, -0.05) is 12.2 Å². The van der Waals surface area contributed by atoms with Gasteiger partial charge in [0.05, 0.1) is 25.9 Å². The zero-order valence-electron chi connectivity index (χ0n) is 23.3. The van der Waals surface area contributed by atoms with Gasteiger partial charge in [0.2, 0.25) is 5.95 Å². The summed E-state index contributed by atoms with van der Waals surface area (Å²) in [4.78, 5) is 34.7. The second kappa shape index (κ2) is 13.4. The summed E-state index contributed by atoms with van der Waals surface area (Å²) in [5.41, 5.74) is 11.2. The molecule has 0 aliphatic carbocycles. The Balaban J connectivity index is 1.18. The minimum atomic E-state index is -4.45. The van der Waals surface area contributed by atoms with Gasteiger partial charge in [-0.2, -0.15) is 17.6 Å². The molecule has 2 fully saturated rings. The summed E-state index contributed by atoms with van der Waals surface area (Å²) in [5.74, 6) is -0.523. The van der Waals surface area contributed by atoms with Crippen LogP contribution in [0.5, 0.6) is 0 Å². The van der Waals surface area contributed by atoms with Crippen LogP contribution < -0.4 is 17.0 Å². The predicted molar refractivity (Wildman–Crippen MR) is 163 cm³/mol. The van der Waals surface area contributed by atoms with E-state index in [9.17, 15) is 13.9 Å². The molecule has 24 heteroatoms. The van der Waals surface area contributed by atoms with Gasteiger partial charge in [-0.3, -0.25) is 32.5 Å². The number of anilines is 2. The number of imidazole rings is 2. The maximum absolute atomic E-state index is 15.9. The lowest BCUT2D eigenvalue weighted by molar-refractivity contribution is -0.0429. The molecule has 6 heterocycles. The van der Waals surface area contributed by atoms with Crippen LogP contribution in [-0.4, -0.2) is 88.7 Å². The molecule has 4 aromatic heterocycles. The van der Waals surface area contributed by atoms with Crippen LogP contribution in [0.3, 0.4) is 0 Å². The Labute approximate surface area is 269 Å². The van der Waals surface area contributed by atoms with E-state index in [0.29, 0.717) is 23.3 Å². The molecule has 0 unspecified atom stereocenters. The number of halogens is 2. The van der Waals surface area contributed by atoms with E-state index in [-0.39, 0.29) is 22.9 Å². The molecule has 248 valence electrons. The van der Waals surface area contributed by atoms with Crippen molar-refractivity contribution in [2.75, 3.05) is 30.4 Å².